The monoisotopic (exact) mass is 322 g/mol. The van der Waals surface area contributed by atoms with E-state index in [1.807, 2.05) is 18.2 Å². The number of thioether (sulfide) groups is 1. The number of halogens is 2. The molecule has 5 heteroatoms. The van der Waals surface area contributed by atoms with Crippen molar-refractivity contribution in [1.29, 1.82) is 0 Å². The molecule has 21 heavy (non-hydrogen) atoms. The lowest BCUT2D eigenvalue weighted by molar-refractivity contribution is -0.131. The Morgan fingerprint density at radius 3 is 2.76 bits per heavy atom. The smallest absolute Gasteiger partial charge is 0.328 e. The maximum atomic E-state index is 13.3. The molecule has 0 atom stereocenters. The van der Waals surface area contributed by atoms with Gasteiger partial charge in [0.15, 0.2) is 0 Å². The fraction of sp³-hybridized carbons (Fsp3) is 0.0625. The molecule has 2 aromatic carbocycles. The highest BCUT2D eigenvalue weighted by Crippen LogP contribution is 2.30. The molecule has 0 radical (unpaired) electrons. The summed E-state index contributed by atoms with van der Waals surface area (Å²) in [5.41, 5.74) is 1.40. The highest BCUT2D eigenvalue weighted by molar-refractivity contribution is 7.98. The minimum absolute atomic E-state index is 0.397. The zero-order chi connectivity index (χ0) is 15.2. The van der Waals surface area contributed by atoms with E-state index in [0.29, 0.717) is 16.3 Å². The first-order chi connectivity index (χ1) is 10.1. The van der Waals surface area contributed by atoms with E-state index in [-0.39, 0.29) is 0 Å². The van der Waals surface area contributed by atoms with Crippen LogP contribution < -0.4 is 0 Å². The van der Waals surface area contributed by atoms with E-state index in [2.05, 4.69) is 0 Å². The van der Waals surface area contributed by atoms with Gasteiger partial charge in [-0.25, -0.2) is 9.18 Å². The largest absolute Gasteiger partial charge is 0.478 e. The Labute approximate surface area is 131 Å². The average Bonchev–Trinajstić information content (AvgIpc) is 2.45. The number of carboxylic acids is 1. The summed E-state index contributed by atoms with van der Waals surface area (Å²) >= 11 is 7.60. The number of carboxylic acid groups (broad SMARTS) is 1. The lowest BCUT2D eigenvalue weighted by atomic mass is 10.1. The van der Waals surface area contributed by atoms with Crippen molar-refractivity contribution in [3.63, 3.8) is 0 Å². The van der Waals surface area contributed by atoms with Gasteiger partial charge in [0, 0.05) is 16.7 Å². The molecule has 0 aliphatic carbocycles. The second-order valence-corrected chi connectivity index (χ2v) is 5.66. The van der Waals surface area contributed by atoms with Crippen LogP contribution in [0.25, 0.3) is 6.08 Å². The van der Waals surface area contributed by atoms with Crippen LogP contribution in [0.4, 0.5) is 4.39 Å². The molecular weight excluding hydrogens is 311 g/mol. The lowest BCUT2D eigenvalue weighted by Gasteiger charge is -2.07. The summed E-state index contributed by atoms with van der Waals surface area (Å²) in [5.74, 6) is -0.890. The number of carbonyl (C=O) groups is 1. The number of benzene rings is 2. The second-order valence-electron chi connectivity index (χ2n) is 4.23. The van der Waals surface area contributed by atoms with Gasteiger partial charge in [-0.3, -0.25) is 0 Å². The van der Waals surface area contributed by atoms with Crippen LogP contribution in [0.2, 0.25) is 5.02 Å². The van der Waals surface area contributed by atoms with Gasteiger partial charge in [0.05, 0.1) is 5.02 Å². The van der Waals surface area contributed by atoms with Crippen LogP contribution in [-0.2, 0) is 10.5 Å². The van der Waals surface area contributed by atoms with Gasteiger partial charge >= 0.3 is 5.97 Å². The van der Waals surface area contributed by atoms with Gasteiger partial charge in [-0.2, -0.15) is 0 Å². The molecule has 0 saturated carbocycles. The Morgan fingerprint density at radius 1 is 1.29 bits per heavy atom. The Morgan fingerprint density at radius 2 is 2.05 bits per heavy atom. The molecule has 0 spiro atoms. The van der Waals surface area contributed by atoms with Crippen molar-refractivity contribution in [2.75, 3.05) is 0 Å². The summed E-state index contributed by atoms with van der Waals surface area (Å²) in [6, 6.07) is 11.8. The molecule has 0 aromatic heterocycles. The lowest BCUT2D eigenvalue weighted by Crippen LogP contribution is -1.91. The summed E-state index contributed by atoms with van der Waals surface area (Å²) < 4.78 is 13.3. The van der Waals surface area contributed by atoms with Crippen molar-refractivity contribution < 1.29 is 14.3 Å². The summed E-state index contributed by atoms with van der Waals surface area (Å²) in [5, 5.41) is 9.34. The van der Waals surface area contributed by atoms with E-state index in [4.69, 9.17) is 16.7 Å². The Bertz CT molecular complexity index is 686. The van der Waals surface area contributed by atoms with Crippen molar-refractivity contribution >= 4 is 35.4 Å². The number of rotatable bonds is 5. The van der Waals surface area contributed by atoms with Gasteiger partial charge in [0.1, 0.15) is 5.82 Å². The van der Waals surface area contributed by atoms with Gasteiger partial charge in [-0.1, -0.05) is 29.8 Å². The second kappa shape index (κ2) is 7.29. The topological polar surface area (TPSA) is 37.3 Å². The first-order valence-corrected chi connectivity index (χ1v) is 7.49. The normalized spacial score (nSPS) is 11.0. The Balaban J connectivity index is 2.20. The highest BCUT2D eigenvalue weighted by atomic mass is 35.5. The van der Waals surface area contributed by atoms with E-state index >= 15 is 0 Å². The van der Waals surface area contributed by atoms with Crippen LogP contribution in [0.15, 0.2) is 53.4 Å². The zero-order valence-electron chi connectivity index (χ0n) is 10.9. The fourth-order valence-corrected chi connectivity index (χ4v) is 2.98. The molecule has 0 saturated heterocycles. The summed E-state index contributed by atoms with van der Waals surface area (Å²) in [4.78, 5) is 11.5. The SMILES string of the molecule is O=C(O)C=Cc1cc(F)ccc1CSc1ccccc1Cl. The molecule has 2 aromatic rings. The summed E-state index contributed by atoms with van der Waals surface area (Å²) in [6.45, 7) is 0. The van der Waals surface area contributed by atoms with Gasteiger partial charge in [-0.15, -0.1) is 11.8 Å². The van der Waals surface area contributed by atoms with Crippen molar-refractivity contribution in [3.8, 4) is 0 Å². The first-order valence-electron chi connectivity index (χ1n) is 6.13. The molecule has 1 N–H and O–H groups in total. The number of hydrogen-bond donors (Lipinski definition) is 1. The van der Waals surface area contributed by atoms with Crippen LogP contribution >= 0.6 is 23.4 Å². The van der Waals surface area contributed by atoms with Crippen LogP contribution in [0.1, 0.15) is 11.1 Å². The van der Waals surface area contributed by atoms with Gasteiger partial charge < -0.3 is 5.11 Å². The van der Waals surface area contributed by atoms with Gasteiger partial charge in [-0.05, 0) is 41.5 Å². The molecule has 0 amide bonds. The van der Waals surface area contributed by atoms with E-state index in [1.54, 1.807) is 12.1 Å². The molecule has 0 aliphatic rings. The molecule has 2 rings (SSSR count). The van der Waals surface area contributed by atoms with E-state index in [0.717, 1.165) is 16.5 Å². The van der Waals surface area contributed by atoms with Crippen LogP contribution in [0.5, 0.6) is 0 Å². The maximum Gasteiger partial charge on any atom is 0.328 e. The molecule has 0 fully saturated rings. The average molecular weight is 323 g/mol. The van der Waals surface area contributed by atoms with Crippen molar-refractivity contribution in [1.82, 2.24) is 0 Å². The molecule has 0 heterocycles. The minimum atomic E-state index is -1.07. The molecule has 0 aliphatic heterocycles. The standard InChI is InChI=1S/C16H12ClFO2S/c17-14-3-1-2-4-15(14)21-10-12-5-7-13(18)9-11(12)6-8-16(19)20/h1-9H,10H2,(H,19,20). The van der Waals surface area contributed by atoms with Crippen LogP contribution in [-0.4, -0.2) is 11.1 Å². The van der Waals surface area contributed by atoms with Crippen molar-refractivity contribution in [2.24, 2.45) is 0 Å². The third-order valence-electron chi connectivity index (χ3n) is 2.73. The predicted octanol–water partition coefficient (Wildman–Crippen LogP) is 4.87. The number of hydrogen-bond acceptors (Lipinski definition) is 2. The predicted molar refractivity (Wildman–Crippen MR) is 84.1 cm³/mol. The van der Waals surface area contributed by atoms with E-state index in [9.17, 15) is 9.18 Å². The minimum Gasteiger partial charge on any atom is -0.478 e. The van der Waals surface area contributed by atoms with Gasteiger partial charge in [0.2, 0.25) is 0 Å². The quantitative estimate of drug-likeness (QED) is 0.630. The fourth-order valence-electron chi connectivity index (χ4n) is 1.73. The van der Waals surface area contributed by atoms with E-state index < -0.39 is 11.8 Å². The first kappa shape index (κ1) is 15.6. The van der Waals surface area contributed by atoms with Crippen molar-refractivity contribution in [2.45, 2.75) is 10.6 Å². The van der Waals surface area contributed by atoms with Gasteiger partial charge in [0.25, 0.3) is 0 Å². The molecule has 0 bridgehead atoms. The summed E-state index contributed by atoms with van der Waals surface area (Å²) in [7, 11) is 0. The Hall–Kier alpha value is -1.78. The van der Waals surface area contributed by atoms with E-state index in [1.165, 1.54) is 30.0 Å². The maximum absolute atomic E-state index is 13.3. The number of aliphatic carboxylic acids is 1. The van der Waals surface area contributed by atoms with Crippen molar-refractivity contribution in [3.05, 3.63) is 70.5 Å². The summed E-state index contributed by atoms with van der Waals surface area (Å²) in [6.07, 6.45) is 2.40. The zero-order valence-corrected chi connectivity index (χ0v) is 12.5. The third-order valence-corrected chi connectivity index (χ3v) is 4.30. The highest BCUT2D eigenvalue weighted by Gasteiger charge is 2.05. The molecule has 0 unspecified atom stereocenters. The molecular formula is C16H12ClFO2S. The molecule has 108 valence electrons. The Kier molecular flexibility index (Phi) is 5.42. The molecule has 2 nitrogen and oxygen atoms in total. The third kappa shape index (κ3) is 4.62. The van der Waals surface area contributed by atoms with Crippen LogP contribution in [0.3, 0.4) is 0 Å². The van der Waals surface area contributed by atoms with Crippen LogP contribution in [0, 0.1) is 5.82 Å².